The molecule has 3 aromatic rings. The zero-order chi connectivity index (χ0) is 32.8. The lowest BCUT2D eigenvalue weighted by Crippen LogP contribution is -2.35. The molecular weight excluding hydrogens is 572 g/mol. The monoisotopic (exact) mass is 618 g/mol. The molecule has 0 saturated heterocycles. The molecule has 2 aromatic carbocycles. The molecule has 11 nitrogen and oxygen atoms in total. The average molecular weight is 619 g/mol. The highest BCUT2D eigenvalue weighted by molar-refractivity contribution is 6.01. The molecule has 1 atom stereocenters. The van der Waals surface area contributed by atoms with Gasteiger partial charge in [0, 0.05) is 49.1 Å². The molecule has 2 heterocycles. The third-order valence-electron chi connectivity index (χ3n) is 8.50. The van der Waals surface area contributed by atoms with Crippen LogP contribution in [0.4, 0.5) is 5.69 Å². The van der Waals surface area contributed by atoms with E-state index in [0.29, 0.717) is 43.1 Å². The number of anilines is 1. The number of rotatable bonds is 14. The van der Waals surface area contributed by atoms with Gasteiger partial charge in [-0.1, -0.05) is 61.5 Å². The van der Waals surface area contributed by atoms with Gasteiger partial charge in [-0.3, -0.25) is 14.4 Å². The SMILES string of the molecule is CNCC(O)n1nnc2c1-c1ccccc1CN(C(=O)CCC(=O)NCCC(C)(C)OCCC(C)(C)C(C)=O)c1ccccc1-2. The van der Waals surface area contributed by atoms with Crippen LogP contribution in [0.3, 0.4) is 0 Å². The van der Waals surface area contributed by atoms with Gasteiger partial charge in [-0.2, -0.15) is 0 Å². The number of carbonyl (C=O) groups is 3. The van der Waals surface area contributed by atoms with Gasteiger partial charge in [0.1, 0.15) is 17.2 Å². The predicted octanol–water partition coefficient (Wildman–Crippen LogP) is 4.26. The summed E-state index contributed by atoms with van der Waals surface area (Å²) in [6.45, 7) is 10.8. The Morgan fingerprint density at radius 1 is 1.00 bits per heavy atom. The van der Waals surface area contributed by atoms with Crippen molar-refractivity contribution in [1.29, 1.82) is 0 Å². The fourth-order valence-electron chi connectivity index (χ4n) is 5.26. The molecule has 11 heteroatoms. The molecule has 0 spiro atoms. The lowest BCUT2D eigenvalue weighted by Gasteiger charge is -2.29. The molecule has 0 bridgehead atoms. The van der Waals surface area contributed by atoms with Crippen molar-refractivity contribution in [1.82, 2.24) is 25.6 Å². The molecule has 0 aliphatic carbocycles. The summed E-state index contributed by atoms with van der Waals surface area (Å²) in [5, 5.41) is 25.5. The number of likely N-dealkylation sites (N-methyl/N-ethyl adjacent to an activating group) is 1. The Kier molecular flexibility index (Phi) is 10.9. The van der Waals surface area contributed by atoms with Crippen LogP contribution in [-0.4, -0.2) is 70.0 Å². The van der Waals surface area contributed by atoms with Crippen molar-refractivity contribution in [3.8, 4) is 22.5 Å². The summed E-state index contributed by atoms with van der Waals surface area (Å²) in [4.78, 5) is 40.0. The summed E-state index contributed by atoms with van der Waals surface area (Å²) < 4.78 is 7.53. The number of aromatic nitrogens is 3. The Balaban J connectivity index is 1.43. The Morgan fingerprint density at radius 3 is 2.40 bits per heavy atom. The predicted molar refractivity (Wildman–Crippen MR) is 173 cm³/mol. The van der Waals surface area contributed by atoms with E-state index in [-0.39, 0.29) is 43.5 Å². The standard InChI is InChI=1S/C34H46N6O5/c1-23(41)33(2,3)18-20-45-34(4,5)17-19-36-28(42)15-16-29(43)39-22-24-11-7-8-12-25(24)32-31(26-13-9-10-14-27(26)39)37-38-40(32)30(44)21-35-6/h7-14,30,35,44H,15-22H2,1-6H3,(H,36,42). The number of nitrogens with one attached hydrogen (secondary N) is 2. The van der Waals surface area contributed by atoms with Crippen LogP contribution in [-0.2, 0) is 25.7 Å². The summed E-state index contributed by atoms with van der Waals surface area (Å²) in [5.41, 5.74) is 3.44. The summed E-state index contributed by atoms with van der Waals surface area (Å²) in [6.07, 6.45) is 0.365. The van der Waals surface area contributed by atoms with Gasteiger partial charge < -0.3 is 25.4 Å². The van der Waals surface area contributed by atoms with Crippen molar-refractivity contribution in [2.75, 3.05) is 31.6 Å². The molecule has 45 heavy (non-hydrogen) atoms. The molecule has 0 saturated carbocycles. The van der Waals surface area contributed by atoms with Crippen molar-refractivity contribution in [3.63, 3.8) is 0 Å². The largest absolute Gasteiger partial charge is 0.375 e. The van der Waals surface area contributed by atoms with E-state index in [2.05, 4.69) is 20.9 Å². The molecule has 2 amide bonds. The first-order valence-electron chi connectivity index (χ1n) is 15.5. The zero-order valence-electron chi connectivity index (χ0n) is 27.2. The van der Waals surface area contributed by atoms with E-state index in [1.165, 1.54) is 4.68 Å². The number of hydrogen-bond acceptors (Lipinski definition) is 8. The second-order valence-corrected chi connectivity index (χ2v) is 12.8. The van der Waals surface area contributed by atoms with Gasteiger partial charge in [0.05, 0.1) is 17.8 Å². The summed E-state index contributed by atoms with van der Waals surface area (Å²) in [6, 6.07) is 15.2. The number of hydrogen-bond donors (Lipinski definition) is 3. The van der Waals surface area contributed by atoms with Crippen LogP contribution in [0.15, 0.2) is 48.5 Å². The van der Waals surface area contributed by atoms with Gasteiger partial charge >= 0.3 is 0 Å². The normalized spacial score (nSPS) is 13.6. The lowest BCUT2D eigenvalue weighted by molar-refractivity contribution is -0.127. The molecule has 4 rings (SSSR count). The van der Waals surface area contributed by atoms with E-state index in [9.17, 15) is 19.5 Å². The molecule has 0 fully saturated rings. The van der Waals surface area contributed by atoms with E-state index < -0.39 is 17.2 Å². The third kappa shape index (κ3) is 8.22. The summed E-state index contributed by atoms with van der Waals surface area (Å²) >= 11 is 0. The summed E-state index contributed by atoms with van der Waals surface area (Å²) in [7, 11) is 1.76. The third-order valence-corrected chi connectivity index (χ3v) is 8.50. The number of carbonyl (C=O) groups excluding carboxylic acids is 3. The number of amides is 2. The van der Waals surface area contributed by atoms with Gasteiger partial charge in [-0.15, -0.1) is 5.10 Å². The fourth-order valence-corrected chi connectivity index (χ4v) is 5.26. The van der Waals surface area contributed by atoms with E-state index in [0.717, 1.165) is 16.7 Å². The zero-order valence-corrected chi connectivity index (χ0v) is 27.2. The smallest absolute Gasteiger partial charge is 0.227 e. The minimum Gasteiger partial charge on any atom is -0.375 e. The van der Waals surface area contributed by atoms with E-state index in [1.54, 1.807) is 18.9 Å². The number of Topliss-reactive ketones (excluding diaryl/α,β-unsaturated/α-hetero) is 1. The highest BCUT2D eigenvalue weighted by Crippen LogP contribution is 2.41. The lowest BCUT2D eigenvalue weighted by atomic mass is 9.86. The first-order chi connectivity index (χ1) is 21.3. The highest BCUT2D eigenvalue weighted by atomic mass is 16.5. The maximum atomic E-state index is 13.7. The maximum Gasteiger partial charge on any atom is 0.227 e. The number of nitrogens with zero attached hydrogens (tertiary/aromatic N) is 4. The van der Waals surface area contributed by atoms with Crippen LogP contribution in [0.1, 0.15) is 72.1 Å². The Bertz CT molecular complexity index is 1510. The molecule has 1 aliphatic rings. The fraction of sp³-hybridized carbons (Fsp3) is 0.500. The van der Waals surface area contributed by atoms with Crippen LogP contribution < -0.4 is 15.5 Å². The summed E-state index contributed by atoms with van der Waals surface area (Å²) in [5.74, 6) is -0.261. The van der Waals surface area contributed by atoms with E-state index in [4.69, 9.17) is 4.74 Å². The first-order valence-corrected chi connectivity index (χ1v) is 15.5. The Morgan fingerprint density at radius 2 is 1.69 bits per heavy atom. The average Bonchev–Trinajstić information content (AvgIpc) is 3.42. The van der Waals surface area contributed by atoms with E-state index >= 15 is 0 Å². The van der Waals surface area contributed by atoms with Crippen molar-refractivity contribution < 1.29 is 24.2 Å². The number of ketones is 1. The van der Waals surface area contributed by atoms with Gasteiger partial charge in [0.2, 0.25) is 11.8 Å². The van der Waals surface area contributed by atoms with Gasteiger partial charge in [-0.25, -0.2) is 4.68 Å². The van der Waals surface area contributed by atoms with Crippen LogP contribution in [0.2, 0.25) is 0 Å². The first kappa shape index (κ1) is 34.0. The van der Waals surface area contributed by atoms with E-state index in [1.807, 2.05) is 76.2 Å². The van der Waals surface area contributed by atoms with Crippen molar-refractivity contribution in [2.24, 2.45) is 5.41 Å². The number of aliphatic hydroxyl groups is 1. The Hall–Kier alpha value is -3.93. The molecule has 242 valence electrons. The van der Waals surface area contributed by atoms with Gasteiger partial charge in [0.15, 0.2) is 6.23 Å². The minimum atomic E-state index is -0.932. The molecule has 3 N–H and O–H groups in total. The molecule has 1 aromatic heterocycles. The highest BCUT2D eigenvalue weighted by Gasteiger charge is 2.31. The van der Waals surface area contributed by atoms with Gasteiger partial charge in [0.25, 0.3) is 0 Å². The number of para-hydroxylation sites is 1. The molecule has 1 unspecified atom stereocenters. The van der Waals surface area contributed by atoms with Crippen molar-refractivity contribution >= 4 is 23.3 Å². The number of fused-ring (bicyclic) bond motifs is 5. The minimum absolute atomic E-state index is 0.0305. The van der Waals surface area contributed by atoms with Crippen LogP contribution >= 0.6 is 0 Å². The number of benzene rings is 2. The molecular formula is C34H46N6O5. The van der Waals surface area contributed by atoms with Gasteiger partial charge in [-0.05, 0) is 52.3 Å². The number of aliphatic hydroxyl groups excluding tert-OH is 1. The van der Waals surface area contributed by atoms with Crippen molar-refractivity contribution in [3.05, 3.63) is 54.1 Å². The molecule has 0 radical (unpaired) electrons. The number of ether oxygens (including phenoxy) is 1. The van der Waals surface area contributed by atoms with Crippen LogP contribution in [0.5, 0.6) is 0 Å². The topological polar surface area (TPSA) is 139 Å². The second kappa shape index (κ2) is 14.4. The van der Waals surface area contributed by atoms with Crippen LogP contribution in [0, 0.1) is 5.41 Å². The Labute approximate surface area is 265 Å². The van der Waals surface area contributed by atoms with Crippen LogP contribution in [0.25, 0.3) is 22.5 Å². The maximum absolute atomic E-state index is 13.7. The van der Waals surface area contributed by atoms with Crippen molar-refractivity contribution in [2.45, 2.75) is 78.7 Å². The second-order valence-electron chi connectivity index (χ2n) is 12.8. The quantitative estimate of drug-likeness (QED) is 0.244. The molecule has 1 aliphatic heterocycles.